The van der Waals surface area contributed by atoms with Crippen LogP contribution in [-0.2, 0) is 81.5 Å². The number of rotatable bonds is 41. The lowest BCUT2D eigenvalue weighted by atomic mass is 9.96. The molecule has 36 heteroatoms. The average Bonchev–Trinajstić information content (AvgIpc) is 1.63. The summed E-state index contributed by atoms with van der Waals surface area (Å²) in [7, 11) is 0. The molecule has 0 spiro atoms. The van der Waals surface area contributed by atoms with Crippen LogP contribution in [0.3, 0.4) is 0 Å². The number of carbonyl (C=O) groups excluding carboxylic acids is 16. The van der Waals surface area contributed by atoms with Crippen molar-refractivity contribution in [1.29, 1.82) is 0 Å². The Kier molecular flexibility index (Phi) is 37.0. The van der Waals surface area contributed by atoms with Crippen LogP contribution in [0.2, 0.25) is 0 Å². The van der Waals surface area contributed by atoms with E-state index in [1.807, 2.05) is 27.7 Å². The molecule has 0 aliphatic carbocycles. The van der Waals surface area contributed by atoms with E-state index in [9.17, 15) is 91.7 Å². The van der Waals surface area contributed by atoms with E-state index in [1.54, 1.807) is 69.2 Å². The van der Waals surface area contributed by atoms with Crippen molar-refractivity contribution < 1.29 is 91.7 Å². The molecule has 0 unspecified atom stereocenters. The molecular weight excluding hydrogens is 1480 g/mol. The molecule has 0 aromatic carbocycles. The van der Waals surface area contributed by atoms with E-state index in [-0.39, 0.29) is 102 Å². The summed E-state index contributed by atoms with van der Waals surface area (Å²) < 4.78 is 0. The van der Waals surface area contributed by atoms with Gasteiger partial charge in [-0.3, -0.25) is 76.7 Å². The van der Waals surface area contributed by atoms with E-state index in [2.05, 4.69) is 53.2 Å². The van der Waals surface area contributed by atoms with Crippen molar-refractivity contribution in [3.63, 3.8) is 0 Å². The van der Waals surface area contributed by atoms with Crippen LogP contribution < -0.4 is 64.6 Å². The van der Waals surface area contributed by atoms with Crippen LogP contribution in [0.4, 0.5) is 0 Å². The number of carboxylic acids is 1. The van der Waals surface area contributed by atoms with Gasteiger partial charge in [0.05, 0.1) is 18.7 Å². The number of hydrogen-bond donors (Lipinski definition) is 14. The van der Waals surface area contributed by atoms with E-state index in [0.717, 1.165) is 0 Å². The number of carboxylic acid groups (broad SMARTS) is 1. The van der Waals surface area contributed by atoms with Crippen molar-refractivity contribution in [3.05, 3.63) is 0 Å². The second kappa shape index (κ2) is 44.1. The summed E-state index contributed by atoms with van der Waals surface area (Å²) in [5.74, 6) is -15.3. The van der Waals surface area contributed by atoms with Gasteiger partial charge >= 0.3 is 5.97 Å². The first-order valence-corrected chi connectivity index (χ1v) is 40.9. The number of nitrogens with two attached hydrogens (primary N) is 2. The van der Waals surface area contributed by atoms with E-state index < -0.39 is 233 Å². The van der Waals surface area contributed by atoms with Gasteiger partial charge in [0.1, 0.15) is 84.6 Å². The molecule has 642 valence electrons. The number of aliphatic hydroxyl groups is 1. The molecule has 5 heterocycles. The molecule has 36 nitrogen and oxygen atoms in total. The molecular formula is C78H131N17O19. The van der Waals surface area contributed by atoms with E-state index in [0.29, 0.717) is 44.9 Å². The number of aliphatic hydroxyl groups excluding tert-OH is 1. The van der Waals surface area contributed by atoms with E-state index >= 15 is 0 Å². The van der Waals surface area contributed by atoms with Crippen LogP contribution in [0.5, 0.6) is 0 Å². The molecule has 0 saturated carbocycles. The third-order valence-electron chi connectivity index (χ3n) is 22.3. The Hall–Kier alpha value is -9.09. The Morgan fingerprint density at radius 1 is 0.386 bits per heavy atom. The summed E-state index contributed by atoms with van der Waals surface area (Å²) in [6.45, 7) is 27.0. The van der Waals surface area contributed by atoms with Gasteiger partial charge in [0.15, 0.2) is 0 Å². The van der Waals surface area contributed by atoms with Gasteiger partial charge in [-0.25, -0.2) is 4.79 Å². The van der Waals surface area contributed by atoms with Gasteiger partial charge in [0.25, 0.3) is 0 Å². The highest BCUT2D eigenvalue weighted by Crippen LogP contribution is 2.31. The SMILES string of the molecule is CC[C@H](C)[C@H](NC(=O)[C@H](C)N)C(=O)N[C@@H](CCC(N)=O)C(=O)N1CCC[C@H]1C(=O)N1CCC[C@H]1C(=O)N1CCC[C@H]1C(=O)N[C@H](C(=O)N[C@H](C(=O)N[C@H](C(=O)N[C@H](C(=O)N[C@@H](CC(C)C)C(=O)N1CCC[C@H]1C(=O)NCC(=O)N1CCC[C@H]1C(=O)N[C@H](C(=O)N[C@@H](CC(C)C)C(=O)O)[C@@H](C)CC)[C@@H](C)O)C(C)C)C(C)C)C(C)C. The molecule has 0 aromatic rings. The van der Waals surface area contributed by atoms with Crippen LogP contribution in [0.15, 0.2) is 0 Å². The quantitative estimate of drug-likeness (QED) is 0.0337. The van der Waals surface area contributed by atoms with Crippen molar-refractivity contribution in [2.45, 2.75) is 310 Å². The van der Waals surface area contributed by atoms with Gasteiger partial charge in [-0.2, -0.15) is 0 Å². The number of hydrogen-bond acceptors (Lipinski definition) is 19. The maximum Gasteiger partial charge on any atom is 0.326 e. The number of aliphatic carboxylic acids is 1. The predicted octanol–water partition coefficient (Wildman–Crippen LogP) is -1.35. The highest BCUT2D eigenvalue weighted by atomic mass is 16.4. The summed E-state index contributed by atoms with van der Waals surface area (Å²) in [5, 5.41) is 47.6. The molecule has 16 N–H and O–H groups in total. The molecule has 5 aliphatic rings. The van der Waals surface area contributed by atoms with Crippen molar-refractivity contribution in [2.24, 2.45) is 52.9 Å². The Morgan fingerprint density at radius 3 is 1.14 bits per heavy atom. The molecule has 5 rings (SSSR count). The minimum atomic E-state index is -1.71. The molecule has 5 aliphatic heterocycles. The minimum Gasteiger partial charge on any atom is -0.480 e. The van der Waals surface area contributed by atoms with Gasteiger partial charge in [-0.1, -0.05) is 110 Å². The molecule has 16 amide bonds. The fourth-order valence-electron chi connectivity index (χ4n) is 15.3. The summed E-state index contributed by atoms with van der Waals surface area (Å²) >= 11 is 0. The number of likely N-dealkylation sites (tertiary alicyclic amines) is 5. The highest BCUT2D eigenvalue weighted by molar-refractivity contribution is 6.01. The molecule has 114 heavy (non-hydrogen) atoms. The van der Waals surface area contributed by atoms with E-state index in [4.69, 9.17) is 11.5 Å². The first-order valence-electron chi connectivity index (χ1n) is 40.9. The molecule has 0 bridgehead atoms. The largest absolute Gasteiger partial charge is 0.480 e. The maximum absolute atomic E-state index is 14.7. The summed E-state index contributed by atoms with van der Waals surface area (Å²) in [6, 6.07) is -17.9. The minimum absolute atomic E-state index is 0.0474. The number of carbonyl (C=O) groups is 17. The molecule has 5 saturated heterocycles. The van der Waals surface area contributed by atoms with Crippen LogP contribution in [-0.4, -0.2) is 271 Å². The van der Waals surface area contributed by atoms with Crippen molar-refractivity contribution >= 4 is 100 Å². The monoisotopic (exact) mass is 1610 g/mol. The highest BCUT2D eigenvalue weighted by Gasteiger charge is 2.49. The zero-order chi connectivity index (χ0) is 85.6. The Balaban J connectivity index is 1.21. The van der Waals surface area contributed by atoms with Crippen molar-refractivity contribution in [3.8, 4) is 0 Å². The summed E-state index contributed by atoms with van der Waals surface area (Å²) in [4.78, 5) is 243. The topological polar surface area (TPSA) is 519 Å². The number of amides is 16. The van der Waals surface area contributed by atoms with Gasteiger partial charge in [0.2, 0.25) is 94.5 Å². The number of nitrogens with one attached hydrogen (secondary N) is 10. The summed E-state index contributed by atoms with van der Waals surface area (Å²) in [6.07, 6.45) is 2.21. The lowest BCUT2D eigenvalue weighted by Crippen LogP contribution is -2.63. The molecule has 5 fully saturated rings. The van der Waals surface area contributed by atoms with Crippen molar-refractivity contribution in [1.82, 2.24) is 77.7 Å². The van der Waals surface area contributed by atoms with Crippen molar-refractivity contribution in [2.75, 3.05) is 39.3 Å². The first-order chi connectivity index (χ1) is 53.5. The molecule has 0 radical (unpaired) electrons. The maximum atomic E-state index is 14.7. The lowest BCUT2D eigenvalue weighted by Gasteiger charge is -2.35. The van der Waals surface area contributed by atoms with Gasteiger partial charge in [-0.15, -0.1) is 0 Å². The van der Waals surface area contributed by atoms with Gasteiger partial charge in [0, 0.05) is 39.1 Å². The third-order valence-corrected chi connectivity index (χ3v) is 22.3. The number of primary amides is 1. The fraction of sp³-hybridized carbons (Fsp3) is 0.782. The van der Waals surface area contributed by atoms with Crippen LogP contribution in [0.25, 0.3) is 0 Å². The van der Waals surface area contributed by atoms with Gasteiger partial charge < -0.3 is 99.3 Å². The Labute approximate surface area is 669 Å². The zero-order valence-corrected chi connectivity index (χ0v) is 69.6. The molecule has 0 aromatic heterocycles. The zero-order valence-electron chi connectivity index (χ0n) is 69.6. The van der Waals surface area contributed by atoms with Crippen LogP contribution in [0.1, 0.15) is 214 Å². The predicted molar refractivity (Wildman–Crippen MR) is 418 cm³/mol. The number of nitrogens with zero attached hydrogens (tertiary/aromatic N) is 5. The fourth-order valence-corrected chi connectivity index (χ4v) is 15.3. The lowest BCUT2D eigenvalue weighted by molar-refractivity contribution is -0.151. The average molecular weight is 1610 g/mol. The second-order valence-corrected chi connectivity index (χ2v) is 33.5. The third kappa shape index (κ3) is 26.0. The standard InChI is InChI=1S/C78H131N17O19/c1-17-44(13)61(88-64(99)46(15)79)71(106)82-48(29-30-56(80)97)74(109)94-34-22-27-54(94)77(112)95-35-23-28-55(95)76(111)93-33-21-26-53(93)67(102)85-58(41(7)8)68(103)86-59(42(9)10)69(104)87-60(43(11)12)70(105)90-63(47(16)96)73(108)83-49(36-39(3)4)75(110)92-32-20-24-51(92)65(100)81-38-57(98)91-31-19-25-52(91)66(101)89-62(45(14)18-2)72(107)84-50(78(113)114)37-40(5)6/h39-55,58-63,96H,17-38,79H2,1-16H3,(H2,80,97)(H,81,100)(H,82,106)(H,83,108)(H,84,107)(H,85,102)(H,86,103)(H,87,104)(H,88,99)(H,89,101)(H,90,105)(H,113,114)/t44-,45-,46-,47+,48-,49-,50-,51-,52-,53-,54-,55-,58-,59-,60-,61-,62-,63-/m0/s1. The normalized spacial score (nSPS) is 21.7. The Morgan fingerprint density at radius 2 is 0.711 bits per heavy atom. The van der Waals surface area contributed by atoms with Crippen LogP contribution in [0, 0.1) is 41.4 Å². The Bertz CT molecular complexity index is 3440. The second-order valence-electron chi connectivity index (χ2n) is 33.5. The first kappa shape index (κ1) is 95.5. The van der Waals surface area contributed by atoms with E-state index in [1.165, 1.54) is 38.3 Å². The summed E-state index contributed by atoms with van der Waals surface area (Å²) in [5.41, 5.74) is 11.3. The molecule has 18 atom stereocenters. The van der Waals surface area contributed by atoms with Gasteiger partial charge in [-0.05, 0) is 139 Å². The van der Waals surface area contributed by atoms with Crippen LogP contribution >= 0.6 is 0 Å². The smallest absolute Gasteiger partial charge is 0.326 e.